The second-order valence-electron chi connectivity index (χ2n) is 17.8. The number of rotatable bonds is 48. The molecule has 0 aliphatic carbocycles. The van der Waals surface area contributed by atoms with Crippen molar-refractivity contribution >= 4 is 17.9 Å². The maximum Gasteiger partial charge on any atom is 0.306 e. The monoisotopic (exact) mass is 917 g/mol. The molecule has 0 fully saturated rings. The minimum atomic E-state index is -0.825. The second-order valence-corrected chi connectivity index (χ2v) is 17.8. The molecule has 0 amide bonds. The van der Waals surface area contributed by atoms with Crippen molar-refractivity contribution in [3.05, 3.63) is 97.2 Å². The average molecular weight is 917 g/mol. The summed E-state index contributed by atoms with van der Waals surface area (Å²) in [5.41, 5.74) is 0. The van der Waals surface area contributed by atoms with Crippen LogP contribution in [0.2, 0.25) is 0 Å². The fourth-order valence-corrected chi connectivity index (χ4v) is 7.24. The lowest BCUT2D eigenvalue weighted by Crippen LogP contribution is -2.30. The van der Waals surface area contributed by atoms with Crippen LogP contribution in [-0.4, -0.2) is 37.2 Å². The number of carbonyl (C=O) groups excluding carboxylic acids is 3. The van der Waals surface area contributed by atoms with E-state index in [1.807, 2.05) is 12.2 Å². The Kier molecular flexibility index (Phi) is 50.9. The molecule has 6 heteroatoms. The van der Waals surface area contributed by atoms with Crippen LogP contribution in [0.4, 0.5) is 0 Å². The zero-order chi connectivity index (χ0) is 47.9. The van der Waals surface area contributed by atoms with Gasteiger partial charge in [-0.15, -0.1) is 0 Å². The molecule has 0 bridgehead atoms. The molecule has 66 heavy (non-hydrogen) atoms. The predicted octanol–water partition coefficient (Wildman–Crippen LogP) is 18.1. The van der Waals surface area contributed by atoms with Gasteiger partial charge in [-0.3, -0.25) is 14.4 Å². The quantitative estimate of drug-likeness (QED) is 0.0199. The van der Waals surface area contributed by atoms with E-state index in [4.69, 9.17) is 14.2 Å². The van der Waals surface area contributed by atoms with Gasteiger partial charge in [-0.2, -0.15) is 0 Å². The van der Waals surface area contributed by atoms with Gasteiger partial charge in [-0.05, 0) is 103 Å². The minimum Gasteiger partial charge on any atom is -0.462 e. The molecule has 0 spiro atoms. The highest BCUT2D eigenvalue weighted by atomic mass is 16.6. The van der Waals surface area contributed by atoms with E-state index in [1.165, 1.54) is 103 Å². The van der Waals surface area contributed by atoms with E-state index < -0.39 is 6.10 Å². The molecule has 0 aromatic carbocycles. The van der Waals surface area contributed by atoms with Gasteiger partial charge in [-0.1, -0.05) is 221 Å². The van der Waals surface area contributed by atoms with E-state index >= 15 is 0 Å². The molecule has 6 nitrogen and oxygen atoms in total. The molecular weight excluding hydrogens is 817 g/mol. The average Bonchev–Trinajstić information content (AvgIpc) is 3.31. The van der Waals surface area contributed by atoms with Crippen LogP contribution in [0.3, 0.4) is 0 Å². The summed E-state index contributed by atoms with van der Waals surface area (Å²) in [6.45, 7) is 6.42. The highest BCUT2D eigenvalue weighted by Gasteiger charge is 2.19. The lowest BCUT2D eigenvalue weighted by atomic mass is 10.1. The lowest BCUT2D eigenvalue weighted by Gasteiger charge is -2.18. The summed E-state index contributed by atoms with van der Waals surface area (Å²) < 4.78 is 16.7. The Bertz CT molecular complexity index is 1330. The highest BCUT2D eigenvalue weighted by molar-refractivity contribution is 5.71. The van der Waals surface area contributed by atoms with Gasteiger partial charge >= 0.3 is 17.9 Å². The summed E-state index contributed by atoms with van der Waals surface area (Å²) in [6.07, 6.45) is 71.2. The van der Waals surface area contributed by atoms with Crippen molar-refractivity contribution in [2.45, 2.75) is 252 Å². The van der Waals surface area contributed by atoms with E-state index in [0.717, 1.165) is 96.3 Å². The van der Waals surface area contributed by atoms with Gasteiger partial charge in [0.15, 0.2) is 6.10 Å². The SMILES string of the molecule is CC/C=C\C/C=C\C/C=C\C/C=C\C/C=C\CCC(=O)OCC(COC(=O)CCCCCCC/C=C\CCCCCCCCC)OC(=O)CCCCC/C=C\C=C/CCCCCCCCC. The summed E-state index contributed by atoms with van der Waals surface area (Å²) in [5, 5.41) is 0. The predicted molar refractivity (Wildman–Crippen MR) is 284 cm³/mol. The first-order valence-corrected chi connectivity index (χ1v) is 27.3. The highest BCUT2D eigenvalue weighted by Crippen LogP contribution is 2.13. The number of hydrogen-bond acceptors (Lipinski definition) is 6. The number of carbonyl (C=O) groups is 3. The molecule has 1 unspecified atom stereocenters. The first-order chi connectivity index (χ1) is 32.5. The maximum absolute atomic E-state index is 12.8. The smallest absolute Gasteiger partial charge is 0.306 e. The van der Waals surface area contributed by atoms with Crippen molar-refractivity contribution in [2.24, 2.45) is 0 Å². The number of esters is 3. The van der Waals surface area contributed by atoms with Crippen molar-refractivity contribution < 1.29 is 28.6 Å². The van der Waals surface area contributed by atoms with Crippen LogP contribution in [0.1, 0.15) is 245 Å². The standard InChI is InChI=1S/C60H100O6/c1-4-7-10-13-16-19-22-25-28-31-34-37-40-43-46-49-52-58(61)64-55-57(66-60(63)54-51-48-45-42-39-36-33-30-27-24-21-18-15-12-9-6-3)56-65-59(62)53-50-47-44-41-38-35-32-29-26-23-20-17-14-11-8-5-2/h7,10,16,19,25,28-30,32-34,36-37,39,43,46,57H,4-6,8-9,11-15,17-18,20-24,26-27,31,35,38,40-42,44-45,47-56H2,1-3H3/b10-7-,19-16-,28-25-,32-29-,33-30-,37-34-,39-36-,46-43-. The van der Waals surface area contributed by atoms with Gasteiger partial charge in [-0.25, -0.2) is 0 Å². The summed E-state index contributed by atoms with van der Waals surface area (Å²) in [6, 6.07) is 0. The molecule has 0 aromatic heterocycles. The Balaban J connectivity index is 4.55. The fraction of sp³-hybridized carbons (Fsp3) is 0.683. The Morgan fingerprint density at radius 3 is 1.12 bits per heavy atom. The van der Waals surface area contributed by atoms with E-state index in [1.54, 1.807) is 0 Å². The summed E-state index contributed by atoms with van der Waals surface area (Å²) in [5.74, 6) is -1.04. The van der Waals surface area contributed by atoms with Crippen molar-refractivity contribution in [1.82, 2.24) is 0 Å². The molecule has 376 valence electrons. The Hall–Kier alpha value is -3.67. The van der Waals surface area contributed by atoms with Gasteiger partial charge in [0.1, 0.15) is 13.2 Å². The topological polar surface area (TPSA) is 78.9 Å². The van der Waals surface area contributed by atoms with Gasteiger partial charge in [0.05, 0.1) is 0 Å². The third kappa shape index (κ3) is 51.3. The summed E-state index contributed by atoms with van der Waals surface area (Å²) in [4.78, 5) is 38.0. The van der Waals surface area contributed by atoms with Gasteiger partial charge in [0.25, 0.3) is 0 Å². The molecule has 0 aliphatic rings. The van der Waals surface area contributed by atoms with Crippen molar-refractivity contribution in [2.75, 3.05) is 13.2 Å². The molecule has 0 heterocycles. The normalized spacial score (nSPS) is 12.8. The van der Waals surface area contributed by atoms with Crippen LogP contribution in [0.5, 0.6) is 0 Å². The van der Waals surface area contributed by atoms with Crippen LogP contribution in [0.15, 0.2) is 97.2 Å². The molecule has 0 saturated carbocycles. The molecule has 0 N–H and O–H groups in total. The van der Waals surface area contributed by atoms with Crippen molar-refractivity contribution in [3.63, 3.8) is 0 Å². The Morgan fingerprint density at radius 1 is 0.333 bits per heavy atom. The van der Waals surface area contributed by atoms with E-state index in [0.29, 0.717) is 12.8 Å². The third-order valence-corrected chi connectivity index (χ3v) is 11.3. The van der Waals surface area contributed by atoms with E-state index in [9.17, 15) is 14.4 Å². The molecule has 0 aliphatic heterocycles. The molecular formula is C60H100O6. The van der Waals surface area contributed by atoms with Gasteiger partial charge in [0, 0.05) is 19.3 Å². The van der Waals surface area contributed by atoms with Crippen LogP contribution in [-0.2, 0) is 28.6 Å². The molecule has 0 aromatic rings. The largest absolute Gasteiger partial charge is 0.462 e. The zero-order valence-electron chi connectivity index (χ0n) is 42.9. The third-order valence-electron chi connectivity index (χ3n) is 11.3. The number of ether oxygens (including phenoxy) is 3. The number of hydrogen-bond donors (Lipinski definition) is 0. The summed E-state index contributed by atoms with van der Waals surface area (Å²) in [7, 11) is 0. The van der Waals surface area contributed by atoms with Gasteiger partial charge in [0.2, 0.25) is 0 Å². The van der Waals surface area contributed by atoms with Gasteiger partial charge < -0.3 is 14.2 Å². The van der Waals surface area contributed by atoms with Crippen LogP contribution in [0, 0.1) is 0 Å². The molecule has 1 atom stereocenters. The summed E-state index contributed by atoms with van der Waals surface area (Å²) >= 11 is 0. The molecule has 0 saturated heterocycles. The fourth-order valence-electron chi connectivity index (χ4n) is 7.24. The second kappa shape index (κ2) is 53.9. The zero-order valence-corrected chi connectivity index (χ0v) is 42.9. The maximum atomic E-state index is 12.8. The Morgan fingerprint density at radius 2 is 0.667 bits per heavy atom. The lowest BCUT2D eigenvalue weighted by molar-refractivity contribution is -0.166. The number of allylic oxidation sites excluding steroid dienone is 16. The first kappa shape index (κ1) is 62.3. The van der Waals surface area contributed by atoms with Crippen LogP contribution < -0.4 is 0 Å². The van der Waals surface area contributed by atoms with Crippen molar-refractivity contribution in [3.8, 4) is 0 Å². The minimum absolute atomic E-state index is 0.116. The molecule has 0 rings (SSSR count). The molecule has 0 radical (unpaired) electrons. The van der Waals surface area contributed by atoms with Crippen molar-refractivity contribution in [1.29, 1.82) is 0 Å². The van der Waals surface area contributed by atoms with E-state index in [-0.39, 0.29) is 44.0 Å². The number of unbranched alkanes of at least 4 members (excludes halogenated alkanes) is 22. The van der Waals surface area contributed by atoms with E-state index in [2.05, 4.69) is 106 Å². The first-order valence-electron chi connectivity index (χ1n) is 27.3. The Labute approximate surface area is 407 Å². The van der Waals surface area contributed by atoms with Crippen LogP contribution >= 0.6 is 0 Å². The van der Waals surface area contributed by atoms with Crippen LogP contribution in [0.25, 0.3) is 0 Å².